The maximum Gasteiger partial charge on any atom is 0.217 e. The minimum atomic E-state index is 0.0501. The fourth-order valence-corrected chi connectivity index (χ4v) is 3.19. The first-order valence-electron chi connectivity index (χ1n) is 8.19. The third kappa shape index (κ3) is 4.48. The number of rotatable bonds is 5. The van der Waals surface area contributed by atoms with Crippen molar-refractivity contribution in [3.05, 3.63) is 29.8 Å². The molecule has 1 atom stereocenters. The Hall–Kier alpha value is -1.51. The molecule has 1 aliphatic rings. The zero-order valence-electron chi connectivity index (χ0n) is 13.6. The van der Waals surface area contributed by atoms with Crippen LogP contribution in [0, 0.1) is 5.92 Å². The van der Waals surface area contributed by atoms with Gasteiger partial charge in [-0.25, -0.2) is 0 Å². The van der Waals surface area contributed by atoms with E-state index in [1.807, 2.05) is 0 Å². The molecule has 1 saturated heterocycles. The minimum absolute atomic E-state index is 0.0501. The number of carbonyl (C=O) groups excluding carboxylic acids is 1. The van der Waals surface area contributed by atoms with Crippen molar-refractivity contribution >= 4 is 11.6 Å². The first-order valence-corrected chi connectivity index (χ1v) is 8.19. The first kappa shape index (κ1) is 15.9. The molecule has 0 spiro atoms. The summed E-state index contributed by atoms with van der Waals surface area (Å²) in [5.41, 5.74) is 2.57. The smallest absolute Gasteiger partial charge is 0.217 e. The van der Waals surface area contributed by atoms with E-state index in [1.54, 1.807) is 6.92 Å². The van der Waals surface area contributed by atoms with Crippen LogP contribution in [0.2, 0.25) is 0 Å². The van der Waals surface area contributed by atoms with E-state index in [9.17, 15) is 4.79 Å². The van der Waals surface area contributed by atoms with Crippen LogP contribution in [0.5, 0.6) is 0 Å². The third-order valence-corrected chi connectivity index (χ3v) is 4.09. The number of hydrogen-bond donors (Lipinski definition) is 1. The van der Waals surface area contributed by atoms with Gasteiger partial charge in [0, 0.05) is 25.7 Å². The lowest BCUT2D eigenvalue weighted by atomic mass is 9.94. The molecule has 1 N–H and O–H groups in total. The second-order valence-electron chi connectivity index (χ2n) is 6.49. The number of piperidine rings is 1. The minimum Gasteiger partial charge on any atom is -0.371 e. The van der Waals surface area contributed by atoms with E-state index in [-0.39, 0.29) is 11.9 Å². The zero-order chi connectivity index (χ0) is 15.2. The average molecular weight is 288 g/mol. The summed E-state index contributed by atoms with van der Waals surface area (Å²) in [4.78, 5) is 14.1. The molecule has 0 aliphatic carbocycles. The second kappa shape index (κ2) is 7.48. The molecule has 1 heterocycles. The maximum atomic E-state index is 11.6. The van der Waals surface area contributed by atoms with Crippen molar-refractivity contribution < 1.29 is 4.79 Å². The van der Waals surface area contributed by atoms with E-state index >= 15 is 0 Å². The van der Waals surface area contributed by atoms with Gasteiger partial charge in [0.2, 0.25) is 5.91 Å². The quantitative estimate of drug-likeness (QED) is 0.891. The summed E-state index contributed by atoms with van der Waals surface area (Å²) in [6, 6.07) is 8.68. The second-order valence-corrected chi connectivity index (χ2v) is 6.49. The number of nitrogens with zero attached hydrogens (tertiary/aromatic N) is 1. The fourth-order valence-electron chi connectivity index (χ4n) is 3.19. The molecule has 1 aromatic rings. The van der Waals surface area contributed by atoms with Crippen molar-refractivity contribution in [3.63, 3.8) is 0 Å². The fraction of sp³-hybridized carbons (Fsp3) is 0.611. The summed E-state index contributed by atoms with van der Waals surface area (Å²) in [6.07, 6.45) is 4.84. The summed E-state index contributed by atoms with van der Waals surface area (Å²) in [5, 5.41) is 3.14. The van der Waals surface area contributed by atoms with E-state index in [0.29, 0.717) is 5.92 Å². The highest BCUT2D eigenvalue weighted by atomic mass is 16.1. The number of amides is 1. The lowest BCUT2D eigenvalue weighted by Gasteiger charge is -2.33. The number of nitrogens with one attached hydrogen (secondary N) is 1. The number of anilines is 1. The normalized spacial score (nSPS) is 16.9. The van der Waals surface area contributed by atoms with Crippen molar-refractivity contribution in [3.8, 4) is 0 Å². The van der Waals surface area contributed by atoms with Gasteiger partial charge < -0.3 is 10.2 Å². The van der Waals surface area contributed by atoms with Gasteiger partial charge in [-0.1, -0.05) is 32.0 Å². The summed E-state index contributed by atoms with van der Waals surface area (Å²) in [7, 11) is 0. The van der Waals surface area contributed by atoms with Gasteiger partial charge in [-0.15, -0.1) is 0 Å². The molecular formula is C18H28N2O. The molecule has 0 bridgehead atoms. The predicted octanol–water partition coefficient (Wildman–Crippen LogP) is 3.90. The number of para-hydroxylation sites is 1. The van der Waals surface area contributed by atoms with E-state index in [4.69, 9.17) is 0 Å². The summed E-state index contributed by atoms with van der Waals surface area (Å²) in [5.74, 6) is 0.602. The number of hydrogen-bond acceptors (Lipinski definition) is 2. The predicted molar refractivity (Wildman–Crippen MR) is 88.5 cm³/mol. The Balaban J connectivity index is 2.27. The SMILES string of the molecule is CC(=O)N[C@@H](CC(C)C)c1ccccc1N1CCCCC1. The lowest BCUT2D eigenvalue weighted by Crippen LogP contribution is -2.33. The average Bonchev–Trinajstić information content (AvgIpc) is 2.46. The molecule has 1 aromatic carbocycles. The lowest BCUT2D eigenvalue weighted by molar-refractivity contribution is -0.119. The van der Waals surface area contributed by atoms with Gasteiger partial charge in [-0.2, -0.15) is 0 Å². The van der Waals surface area contributed by atoms with Crippen LogP contribution in [-0.2, 0) is 4.79 Å². The molecule has 0 aromatic heterocycles. The maximum absolute atomic E-state index is 11.6. The molecule has 2 rings (SSSR count). The summed E-state index contributed by atoms with van der Waals surface area (Å²) in [6.45, 7) is 8.28. The molecule has 21 heavy (non-hydrogen) atoms. The Labute approximate surface area is 128 Å². The Morgan fingerprint density at radius 2 is 1.86 bits per heavy atom. The Bertz CT molecular complexity index is 464. The van der Waals surface area contributed by atoms with E-state index < -0.39 is 0 Å². The summed E-state index contributed by atoms with van der Waals surface area (Å²) < 4.78 is 0. The molecule has 1 aliphatic heterocycles. The molecule has 116 valence electrons. The monoisotopic (exact) mass is 288 g/mol. The highest BCUT2D eigenvalue weighted by molar-refractivity contribution is 5.74. The Morgan fingerprint density at radius 1 is 1.19 bits per heavy atom. The third-order valence-electron chi connectivity index (χ3n) is 4.09. The number of carbonyl (C=O) groups is 1. The van der Waals surface area contributed by atoms with Gasteiger partial charge in [0.15, 0.2) is 0 Å². The van der Waals surface area contributed by atoms with Crippen molar-refractivity contribution in [2.24, 2.45) is 5.92 Å². The van der Waals surface area contributed by atoms with Crippen molar-refractivity contribution in [1.29, 1.82) is 0 Å². The van der Waals surface area contributed by atoms with Gasteiger partial charge in [0.1, 0.15) is 0 Å². The number of benzene rings is 1. The largest absolute Gasteiger partial charge is 0.371 e. The van der Waals surface area contributed by atoms with Crippen LogP contribution < -0.4 is 10.2 Å². The standard InChI is InChI=1S/C18H28N2O/c1-14(2)13-17(19-15(3)21)16-9-5-6-10-18(16)20-11-7-4-8-12-20/h5-6,9-10,14,17H,4,7-8,11-13H2,1-3H3,(H,19,21)/t17-/m0/s1. The van der Waals surface area contributed by atoms with Crippen LogP contribution in [0.1, 0.15) is 58.1 Å². The molecule has 0 radical (unpaired) electrons. The Kier molecular flexibility index (Phi) is 5.66. The van der Waals surface area contributed by atoms with Gasteiger partial charge in [-0.05, 0) is 43.2 Å². The highest BCUT2D eigenvalue weighted by Gasteiger charge is 2.21. The zero-order valence-corrected chi connectivity index (χ0v) is 13.6. The van der Waals surface area contributed by atoms with E-state index in [1.165, 1.54) is 30.5 Å². The van der Waals surface area contributed by atoms with Crippen LogP contribution in [0.4, 0.5) is 5.69 Å². The van der Waals surface area contributed by atoms with Gasteiger partial charge in [0.25, 0.3) is 0 Å². The molecule has 0 saturated carbocycles. The van der Waals surface area contributed by atoms with Crippen LogP contribution in [0.15, 0.2) is 24.3 Å². The highest BCUT2D eigenvalue weighted by Crippen LogP contribution is 2.31. The topological polar surface area (TPSA) is 32.3 Å². The van der Waals surface area contributed by atoms with Gasteiger partial charge in [-0.3, -0.25) is 4.79 Å². The van der Waals surface area contributed by atoms with Crippen LogP contribution >= 0.6 is 0 Å². The Morgan fingerprint density at radius 3 is 2.48 bits per heavy atom. The molecule has 3 nitrogen and oxygen atoms in total. The van der Waals surface area contributed by atoms with E-state index in [0.717, 1.165) is 19.5 Å². The van der Waals surface area contributed by atoms with Crippen LogP contribution in [0.3, 0.4) is 0 Å². The van der Waals surface area contributed by atoms with Crippen molar-refractivity contribution in [2.75, 3.05) is 18.0 Å². The summed E-state index contributed by atoms with van der Waals surface area (Å²) >= 11 is 0. The molecule has 0 unspecified atom stereocenters. The molecule has 1 fully saturated rings. The molecular weight excluding hydrogens is 260 g/mol. The van der Waals surface area contributed by atoms with Gasteiger partial charge in [0.05, 0.1) is 6.04 Å². The van der Waals surface area contributed by atoms with Gasteiger partial charge >= 0.3 is 0 Å². The van der Waals surface area contributed by atoms with Crippen molar-refractivity contribution in [2.45, 2.75) is 52.5 Å². The van der Waals surface area contributed by atoms with Crippen LogP contribution in [0.25, 0.3) is 0 Å². The van der Waals surface area contributed by atoms with E-state index in [2.05, 4.69) is 48.3 Å². The van der Waals surface area contributed by atoms with Crippen molar-refractivity contribution in [1.82, 2.24) is 5.32 Å². The van der Waals surface area contributed by atoms with Crippen LogP contribution in [-0.4, -0.2) is 19.0 Å². The molecule has 3 heteroatoms. The molecule has 1 amide bonds. The first-order chi connectivity index (χ1) is 10.1.